The smallest absolute Gasteiger partial charge is 0.241 e. The van der Waals surface area contributed by atoms with Gasteiger partial charge in [0.05, 0.1) is 17.0 Å². The van der Waals surface area contributed by atoms with Gasteiger partial charge in [-0.15, -0.1) is 0 Å². The van der Waals surface area contributed by atoms with Crippen molar-refractivity contribution in [2.24, 2.45) is 0 Å². The lowest BCUT2D eigenvalue weighted by Crippen LogP contribution is -2.54. The lowest BCUT2D eigenvalue weighted by atomic mass is 9.93. The van der Waals surface area contributed by atoms with Crippen molar-refractivity contribution < 1.29 is 18.3 Å². The zero-order valence-electron chi connectivity index (χ0n) is 11.8. The zero-order valence-corrected chi connectivity index (χ0v) is 12.7. The van der Waals surface area contributed by atoms with Crippen LogP contribution in [0.2, 0.25) is 0 Å². The van der Waals surface area contributed by atoms with Crippen LogP contribution in [0.15, 0.2) is 23.1 Å². The first-order valence-corrected chi connectivity index (χ1v) is 8.16. The summed E-state index contributed by atoms with van der Waals surface area (Å²) in [4.78, 5) is 0.245. The fourth-order valence-electron chi connectivity index (χ4n) is 2.49. The largest absolute Gasteiger partial charge is 0.394 e. The Labute approximate surface area is 120 Å². The highest BCUT2D eigenvalue weighted by atomic mass is 32.2. The van der Waals surface area contributed by atoms with Crippen LogP contribution < -0.4 is 4.72 Å². The maximum atomic E-state index is 12.5. The lowest BCUT2D eigenvalue weighted by molar-refractivity contribution is 0.0223. The Morgan fingerprint density at radius 1 is 1.20 bits per heavy atom. The molecule has 0 spiro atoms. The molecule has 1 aromatic carbocycles. The van der Waals surface area contributed by atoms with Crippen LogP contribution in [-0.2, 0) is 14.8 Å². The van der Waals surface area contributed by atoms with Crippen molar-refractivity contribution in [2.45, 2.75) is 37.1 Å². The number of rotatable bonds is 4. The highest BCUT2D eigenvalue weighted by molar-refractivity contribution is 7.89. The molecule has 1 aromatic rings. The molecule has 1 aliphatic rings. The summed E-state index contributed by atoms with van der Waals surface area (Å²) >= 11 is 0. The van der Waals surface area contributed by atoms with Crippen LogP contribution in [0.4, 0.5) is 0 Å². The molecule has 1 aliphatic heterocycles. The number of hydrogen-bond acceptors (Lipinski definition) is 4. The predicted molar refractivity (Wildman–Crippen MR) is 76.1 cm³/mol. The second-order valence-corrected chi connectivity index (χ2v) is 7.16. The SMILES string of the molecule is Cc1cc(C)cc(S(=O)(=O)NC2(CO)CCOCC2)c1. The predicted octanol–water partition coefficient (Wildman–Crippen LogP) is 1.12. The third kappa shape index (κ3) is 3.38. The van der Waals surface area contributed by atoms with Crippen LogP contribution in [0.1, 0.15) is 24.0 Å². The van der Waals surface area contributed by atoms with Crippen LogP contribution >= 0.6 is 0 Å². The van der Waals surface area contributed by atoms with E-state index in [0.29, 0.717) is 26.1 Å². The van der Waals surface area contributed by atoms with E-state index in [1.54, 1.807) is 12.1 Å². The second-order valence-electron chi connectivity index (χ2n) is 5.48. The van der Waals surface area contributed by atoms with Gasteiger partial charge in [-0.25, -0.2) is 13.1 Å². The molecular weight excluding hydrogens is 278 g/mol. The van der Waals surface area contributed by atoms with Gasteiger partial charge in [-0.1, -0.05) is 6.07 Å². The quantitative estimate of drug-likeness (QED) is 0.873. The van der Waals surface area contributed by atoms with Gasteiger partial charge < -0.3 is 9.84 Å². The standard InChI is InChI=1S/C14H21NO4S/c1-11-7-12(2)9-13(8-11)20(17,18)15-14(10-16)3-5-19-6-4-14/h7-9,15-16H,3-6,10H2,1-2H3. The number of ether oxygens (including phenoxy) is 1. The van der Waals surface area contributed by atoms with Crippen molar-refractivity contribution in [1.29, 1.82) is 0 Å². The van der Waals surface area contributed by atoms with E-state index >= 15 is 0 Å². The van der Waals surface area contributed by atoms with Gasteiger partial charge >= 0.3 is 0 Å². The van der Waals surface area contributed by atoms with Crippen LogP contribution in [-0.4, -0.2) is 38.9 Å². The molecule has 2 rings (SSSR count). The minimum Gasteiger partial charge on any atom is -0.394 e. The third-order valence-corrected chi connectivity index (χ3v) is 5.17. The van der Waals surface area contributed by atoms with E-state index in [9.17, 15) is 13.5 Å². The Morgan fingerprint density at radius 3 is 2.25 bits per heavy atom. The van der Waals surface area contributed by atoms with Crippen molar-refractivity contribution in [1.82, 2.24) is 4.72 Å². The Balaban J connectivity index is 2.30. The van der Waals surface area contributed by atoms with Crippen molar-refractivity contribution in [3.05, 3.63) is 29.3 Å². The van der Waals surface area contributed by atoms with E-state index in [4.69, 9.17) is 4.74 Å². The maximum Gasteiger partial charge on any atom is 0.241 e. The summed E-state index contributed by atoms with van der Waals surface area (Å²) < 4.78 is 32.9. The average Bonchev–Trinajstić information content (AvgIpc) is 2.38. The molecule has 0 aromatic heterocycles. The second kappa shape index (κ2) is 5.81. The molecule has 5 nitrogen and oxygen atoms in total. The Bertz CT molecular complexity index is 557. The molecule has 0 unspecified atom stereocenters. The van der Waals surface area contributed by atoms with Gasteiger partial charge in [-0.05, 0) is 49.9 Å². The molecule has 112 valence electrons. The zero-order chi connectivity index (χ0) is 14.8. The van der Waals surface area contributed by atoms with Gasteiger partial charge in [0.15, 0.2) is 0 Å². The maximum absolute atomic E-state index is 12.5. The summed E-state index contributed by atoms with van der Waals surface area (Å²) in [6.07, 6.45) is 0.959. The van der Waals surface area contributed by atoms with Crippen LogP contribution in [0.3, 0.4) is 0 Å². The van der Waals surface area contributed by atoms with Gasteiger partial charge in [0.2, 0.25) is 10.0 Å². The highest BCUT2D eigenvalue weighted by Crippen LogP contribution is 2.24. The molecule has 0 saturated carbocycles. The van der Waals surface area contributed by atoms with Gasteiger partial charge in [-0.3, -0.25) is 0 Å². The normalized spacial score (nSPS) is 18.9. The fraction of sp³-hybridized carbons (Fsp3) is 0.571. The summed E-state index contributed by atoms with van der Waals surface area (Å²) in [6.45, 7) is 4.41. The molecule has 2 N–H and O–H groups in total. The van der Waals surface area contributed by atoms with Crippen molar-refractivity contribution >= 4 is 10.0 Å². The molecule has 0 radical (unpaired) electrons. The van der Waals surface area contributed by atoms with Crippen molar-refractivity contribution in [3.8, 4) is 0 Å². The van der Waals surface area contributed by atoms with Gasteiger partial charge in [0.1, 0.15) is 0 Å². The van der Waals surface area contributed by atoms with Crippen LogP contribution in [0.5, 0.6) is 0 Å². The Kier molecular flexibility index (Phi) is 4.49. The Morgan fingerprint density at radius 2 is 1.75 bits per heavy atom. The molecule has 6 heteroatoms. The summed E-state index contributed by atoms with van der Waals surface area (Å²) in [5.41, 5.74) is 0.986. The molecule has 20 heavy (non-hydrogen) atoms. The molecule has 1 heterocycles. The first kappa shape index (κ1) is 15.4. The van der Waals surface area contributed by atoms with E-state index < -0.39 is 15.6 Å². The van der Waals surface area contributed by atoms with E-state index in [1.165, 1.54) is 0 Å². The number of sulfonamides is 1. The fourth-order valence-corrected chi connectivity index (χ4v) is 4.13. The highest BCUT2D eigenvalue weighted by Gasteiger charge is 2.36. The summed E-state index contributed by atoms with van der Waals surface area (Å²) in [7, 11) is -3.64. The minimum absolute atomic E-state index is 0.222. The Hall–Kier alpha value is -0.950. The first-order valence-electron chi connectivity index (χ1n) is 6.68. The van der Waals surface area contributed by atoms with Crippen molar-refractivity contribution in [2.75, 3.05) is 19.8 Å². The van der Waals surface area contributed by atoms with Gasteiger partial charge in [-0.2, -0.15) is 0 Å². The van der Waals surface area contributed by atoms with Gasteiger partial charge in [0.25, 0.3) is 0 Å². The van der Waals surface area contributed by atoms with Crippen LogP contribution in [0, 0.1) is 13.8 Å². The average molecular weight is 299 g/mol. The first-order chi connectivity index (χ1) is 9.37. The number of aliphatic hydroxyl groups excluding tert-OH is 1. The minimum atomic E-state index is -3.64. The summed E-state index contributed by atoms with van der Waals surface area (Å²) in [5, 5.41) is 9.58. The molecule has 0 bridgehead atoms. The van der Waals surface area contributed by atoms with Crippen molar-refractivity contribution in [3.63, 3.8) is 0 Å². The van der Waals surface area contributed by atoms with E-state index in [0.717, 1.165) is 11.1 Å². The molecule has 0 aliphatic carbocycles. The van der Waals surface area contributed by atoms with E-state index in [2.05, 4.69) is 4.72 Å². The molecule has 1 saturated heterocycles. The van der Waals surface area contributed by atoms with E-state index in [-0.39, 0.29) is 11.5 Å². The van der Waals surface area contributed by atoms with E-state index in [1.807, 2.05) is 19.9 Å². The number of nitrogens with one attached hydrogen (secondary N) is 1. The molecule has 0 atom stereocenters. The summed E-state index contributed by atoms with van der Waals surface area (Å²) in [5.74, 6) is 0. The number of aliphatic hydroxyl groups is 1. The summed E-state index contributed by atoms with van der Waals surface area (Å²) in [6, 6.07) is 5.20. The monoisotopic (exact) mass is 299 g/mol. The van der Waals surface area contributed by atoms with Gasteiger partial charge in [0, 0.05) is 13.2 Å². The number of aryl methyl sites for hydroxylation is 2. The van der Waals surface area contributed by atoms with Crippen LogP contribution in [0.25, 0.3) is 0 Å². The molecule has 1 fully saturated rings. The topological polar surface area (TPSA) is 75.6 Å². The number of hydrogen-bond donors (Lipinski definition) is 2. The number of benzene rings is 1. The molecular formula is C14H21NO4S. The molecule has 0 amide bonds. The lowest BCUT2D eigenvalue weighted by Gasteiger charge is -2.35. The third-order valence-electron chi connectivity index (χ3n) is 3.61.